The lowest BCUT2D eigenvalue weighted by atomic mass is 10.0. The molecule has 0 unspecified atom stereocenters. The first kappa shape index (κ1) is 16.7. The highest BCUT2D eigenvalue weighted by atomic mass is 32.2. The minimum Gasteiger partial charge on any atom is -0.325 e. The molecule has 0 saturated carbocycles. The van der Waals surface area contributed by atoms with Gasteiger partial charge in [-0.05, 0) is 17.7 Å². The van der Waals surface area contributed by atoms with Crippen LogP contribution < -0.4 is 10.7 Å². The maximum atomic E-state index is 13.0. The number of carbonyl (C=O) groups is 1. The second kappa shape index (κ2) is 7.21. The summed E-state index contributed by atoms with van der Waals surface area (Å²) in [5.74, 6) is 0.796. The Morgan fingerprint density at radius 1 is 1.12 bits per heavy atom. The summed E-state index contributed by atoms with van der Waals surface area (Å²) < 4.78 is 1.90. The zero-order valence-electron chi connectivity index (χ0n) is 14.3. The number of para-hydroxylation sites is 1. The van der Waals surface area contributed by atoms with E-state index in [9.17, 15) is 4.79 Å². The molecular formula is C19H19N5OS. The number of rotatable bonds is 4. The van der Waals surface area contributed by atoms with Gasteiger partial charge >= 0.3 is 0 Å². The molecule has 1 amide bonds. The van der Waals surface area contributed by atoms with Gasteiger partial charge in [0, 0.05) is 12.1 Å². The van der Waals surface area contributed by atoms with Crippen molar-refractivity contribution in [1.82, 2.24) is 14.9 Å². The minimum absolute atomic E-state index is 0.0603. The molecule has 0 bridgehead atoms. The van der Waals surface area contributed by atoms with Crippen LogP contribution in [0.25, 0.3) is 0 Å². The number of nitrogens with zero attached hydrogens (tertiary/aromatic N) is 3. The number of carbonyl (C=O) groups excluding carboxylic acids is 1. The number of aromatic nitrogens is 3. The van der Waals surface area contributed by atoms with Crippen molar-refractivity contribution in [2.24, 2.45) is 0 Å². The molecule has 0 saturated heterocycles. The Morgan fingerprint density at radius 2 is 1.81 bits per heavy atom. The van der Waals surface area contributed by atoms with Crippen molar-refractivity contribution in [3.8, 4) is 0 Å². The average molecular weight is 365 g/mol. The molecule has 7 heteroatoms. The van der Waals surface area contributed by atoms with E-state index in [0.29, 0.717) is 5.16 Å². The van der Waals surface area contributed by atoms with Crippen LogP contribution in [-0.2, 0) is 11.2 Å². The first-order valence-electron chi connectivity index (χ1n) is 8.54. The maximum absolute atomic E-state index is 13.0. The van der Waals surface area contributed by atoms with Gasteiger partial charge < -0.3 is 10.7 Å². The van der Waals surface area contributed by atoms with Gasteiger partial charge in [-0.25, -0.2) is 4.68 Å². The van der Waals surface area contributed by atoms with Crippen LogP contribution in [0.15, 0.2) is 65.8 Å². The summed E-state index contributed by atoms with van der Waals surface area (Å²) in [6.45, 7) is 2.04. The first-order chi connectivity index (χ1) is 12.8. The number of hydrogen-bond donors (Lipinski definition) is 2. The van der Waals surface area contributed by atoms with E-state index in [1.807, 2.05) is 72.3 Å². The van der Waals surface area contributed by atoms with Gasteiger partial charge in [-0.3, -0.25) is 4.79 Å². The predicted molar refractivity (Wildman–Crippen MR) is 103 cm³/mol. The van der Waals surface area contributed by atoms with E-state index in [2.05, 4.69) is 20.9 Å². The highest BCUT2D eigenvalue weighted by Crippen LogP contribution is 2.37. The van der Waals surface area contributed by atoms with E-state index in [-0.39, 0.29) is 17.2 Å². The molecule has 1 aromatic heterocycles. The van der Waals surface area contributed by atoms with E-state index in [1.165, 1.54) is 11.8 Å². The zero-order chi connectivity index (χ0) is 17.9. The fraction of sp³-hybridized carbons (Fsp3) is 0.211. The van der Waals surface area contributed by atoms with Crippen LogP contribution in [0.5, 0.6) is 0 Å². The summed E-state index contributed by atoms with van der Waals surface area (Å²) in [6, 6.07) is 19.3. The Morgan fingerprint density at radius 3 is 2.50 bits per heavy atom. The second-order valence-corrected chi connectivity index (χ2v) is 7.11. The monoisotopic (exact) mass is 365 g/mol. The van der Waals surface area contributed by atoms with Crippen LogP contribution in [0.3, 0.4) is 0 Å². The number of hydrogen-bond acceptors (Lipinski definition) is 5. The Hall–Kier alpha value is -2.80. The molecule has 2 atom stereocenters. The van der Waals surface area contributed by atoms with E-state index < -0.39 is 0 Å². The van der Waals surface area contributed by atoms with Crippen molar-refractivity contribution in [3.63, 3.8) is 0 Å². The second-order valence-electron chi connectivity index (χ2n) is 6.00. The molecule has 0 spiro atoms. The van der Waals surface area contributed by atoms with Crippen LogP contribution in [-0.4, -0.2) is 26.0 Å². The molecule has 2 aromatic carbocycles. The normalized spacial score (nSPS) is 18.7. The summed E-state index contributed by atoms with van der Waals surface area (Å²) in [6.07, 6.45) is 0.767. The Labute approximate surface area is 156 Å². The number of nitrogens with one attached hydrogen (secondary N) is 2. The van der Waals surface area contributed by atoms with Gasteiger partial charge in [0.15, 0.2) is 5.82 Å². The van der Waals surface area contributed by atoms with Gasteiger partial charge in [0.1, 0.15) is 5.25 Å². The van der Waals surface area contributed by atoms with E-state index >= 15 is 0 Å². The first-order valence-corrected chi connectivity index (χ1v) is 9.42. The van der Waals surface area contributed by atoms with Gasteiger partial charge in [-0.1, -0.05) is 67.2 Å². The smallest absolute Gasteiger partial charge is 0.240 e. The standard InChI is InChI=1S/C19H19N5OS/c1-2-15-21-22-19-24(15)23-16(13-9-5-3-6-10-13)17(26-19)18(25)20-14-11-7-4-8-12-14/h3-12,16-17,23H,2H2,1H3,(H,20,25)/t16-,17-/m0/s1. The summed E-state index contributed by atoms with van der Waals surface area (Å²) in [4.78, 5) is 13.0. The predicted octanol–water partition coefficient (Wildman–Crippen LogP) is 3.24. The Bertz CT molecular complexity index is 897. The molecule has 132 valence electrons. The molecule has 1 aliphatic heterocycles. The number of benzene rings is 2. The summed E-state index contributed by atoms with van der Waals surface area (Å²) in [5.41, 5.74) is 5.27. The summed E-state index contributed by atoms with van der Waals surface area (Å²) in [7, 11) is 0. The molecular weight excluding hydrogens is 346 g/mol. The maximum Gasteiger partial charge on any atom is 0.240 e. The lowest BCUT2D eigenvalue weighted by molar-refractivity contribution is -0.116. The summed E-state index contributed by atoms with van der Waals surface area (Å²) in [5, 5.41) is 11.8. The van der Waals surface area contributed by atoms with Crippen LogP contribution in [0, 0.1) is 0 Å². The quantitative estimate of drug-likeness (QED) is 0.743. The third kappa shape index (κ3) is 3.17. The summed E-state index contributed by atoms with van der Waals surface area (Å²) >= 11 is 1.44. The van der Waals surface area contributed by atoms with Crippen LogP contribution in [0.2, 0.25) is 0 Å². The van der Waals surface area contributed by atoms with Gasteiger partial charge in [-0.2, -0.15) is 0 Å². The third-order valence-electron chi connectivity index (χ3n) is 4.28. The molecule has 0 fully saturated rings. The molecule has 0 aliphatic carbocycles. The molecule has 1 aliphatic rings. The number of thioether (sulfide) groups is 1. The fourth-order valence-electron chi connectivity index (χ4n) is 2.97. The molecule has 26 heavy (non-hydrogen) atoms. The molecule has 2 heterocycles. The number of amides is 1. The van der Waals surface area contributed by atoms with Crippen LogP contribution in [0.1, 0.15) is 24.4 Å². The molecule has 3 aromatic rings. The molecule has 0 radical (unpaired) electrons. The van der Waals surface area contributed by atoms with Crippen molar-refractivity contribution in [2.45, 2.75) is 29.8 Å². The van der Waals surface area contributed by atoms with Gasteiger partial charge in [-0.15, -0.1) is 10.2 Å². The van der Waals surface area contributed by atoms with Gasteiger partial charge in [0.2, 0.25) is 11.1 Å². The van der Waals surface area contributed by atoms with Gasteiger partial charge in [0.25, 0.3) is 0 Å². The van der Waals surface area contributed by atoms with Crippen molar-refractivity contribution in [2.75, 3.05) is 10.7 Å². The van der Waals surface area contributed by atoms with Crippen LogP contribution >= 0.6 is 11.8 Å². The Balaban J connectivity index is 1.67. The van der Waals surface area contributed by atoms with Crippen molar-refractivity contribution < 1.29 is 4.79 Å². The topological polar surface area (TPSA) is 71.8 Å². The van der Waals surface area contributed by atoms with E-state index in [1.54, 1.807) is 0 Å². The fourth-order valence-corrected chi connectivity index (χ4v) is 4.07. The largest absolute Gasteiger partial charge is 0.325 e. The van der Waals surface area contributed by atoms with Gasteiger partial charge in [0.05, 0.1) is 6.04 Å². The third-order valence-corrected chi connectivity index (χ3v) is 5.49. The van der Waals surface area contributed by atoms with Crippen LogP contribution in [0.4, 0.5) is 5.69 Å². The lowest BCUT2D eigenvalue weighted by Crippen LogP contribution is -2.41. The minimum atomic E-state index is -0.362. The lowest BCUT2D eigenvalue weighted by Gasteiger charge is -2.32. The average Bonchev–Trinajstić information content (AvgIpc) is 3.10. The molecule has 4 rings (SSSR count). The Kier molecular flexibility index (Phi) is 4.62. The molecule has 2 N–H and O–H groups in total. The van der Waals surface area contributed by atoms with Crippen molar-refractivity contribution >= 4 is 23.4 Å². The molecule has 6 nitrogen and oxygen atoms in total. The zero-order valence-corrected chi connectivity index (χ0v) is 15.1. The number of aryl methyl sites for hydroxylation is 1. The SMILES string of the molecule is CCc1nnc2n1N[C@@H](c1ccccc1)[C@@H](C(=O)Nc1ccccc1)S2. The van der Waals surface area contributed by atoms with Crippen molar-refractivity contribution in [1.29, 1.82) is 0 Å². The number of fused-ring (bicyclic) bond motifs is 1. The van der Waals surface area contributed by atoms with E-state index in [0.717, 1.165) is 23.5 Å². The van der Waals surface area contributed by atoms with E-state index in [4.69, 9.17) is 0 Å². The highest BCUT2D eigenvalue weighted by molar-refractivity contribution is 8.00. The highest BCUT2D eigenvalue weighted by Gasteiger charge is 2.37. The van der Waals surface area contributed by atoms with Crippen molar-refractivity contribution in [3.05, 3.63) is 72.1 Å². The number of anilines is 1.